The number of thioether (sulfide) groups is 1. The van der Waals surface area contributed by atoms with Crippen LogP contribution < -0.4 is 10.0 Å². The van der Waals surface area contributed by atoms with E-state index >= 15 is 0 Å². The summed E-state index contributed by atoms with van der Waals surface area (Å²) in [5, 5.41) is 3.64. The molecular weight excluding hydrogens is 440 g/mol. The van der Waals surface area contributed by atoms with Crippen molar-refractivity contribution < 1.29 is 13.2 Å². The molecule has 1 saturated carbocycles. The third-order valence-corrected chi connectivity index (χ3v) is 8.40. The van der Waals surface area contributed by atoms with Crippen molar-refractivity contribution in [2.75, 3.05) is 17.0 Å². The highest BCUT2D eigenvalue weighted by Crippen LogP contribution is 2.28. The van der Waals surface area contributed by atoms with E-state index in [0.717, 1.165) is 11.3 Å². The number of anilines is 1. The van der Waals surface area contributed by atoms with Crippen LogP contribution in [0.5, 0.6) is 0 Å². The summed E-state index contributed by atoms with van der Waals surface area (Å²) in [5.41, 5.74) is 1.54. The van der Waals surface area contributed by atoms with Gasteiger partial charge in [0.2, 0.25) is 0 Å². The maximum atomic E-state index is 12.9. The normalized spacial score (nSPS) is 15.0. The van der Waals surface area contributed by atoms with Crippen LogP contribution >= 0.6 is 23.4 Å². The quantitative estimate of drug-likeness (QED) is 0.521. The molecule has 0 saturated heterocycles. The lowest BCUT2D eigenvalue weighted by Crippen LogP contribution is -2.27. The summed E-state index contributed by atoms with van der Waals surface area (Å²) in [6.45, 7) is 2.36. The minimum absolute atomic E-state index is 0.0699. The summed E-state index contributed by atoms with van der Waals surface area (Å²) in [6.07, 6.45) is 6.43. The lowest BCUT2D eigenvalue weighted by atomic mass is 10.0. The molecule has 0 bridgehead atoms. The molecule has 0 spiro atoms. The number of rotatable bonds is 8. The third-order valence-electron chi connectivity index (χ3n) is 5.17. The van der Waals surface area contributed by atoms with Gasteiger partial charge in [-0.3, -0.25) is 9.52 Å². The predicted octanol–water partition coefficient (Wildman–Crippen LogP) is 5.24. The van der Waals surface area contributed by atoms with E-state index in [4.69, 9.17) is 11.6 Å². The van der Waals surface area contributed by atoms with Crippen LogP contribution in [0.1, 0.15) is 48.0 Å². The second-order valence-corrected chi connectivity index (χ2v) is 10.9. The molecule has 1 amide bonds. The highest BCUT2D eigenvalue weighted by atomic mass is 35.5. The molecule has 3 rings (SSSR count). The van der Waals surface area contributed by atoms with Crippen LogP contribution in [0.15, 0.2) is 47.4 Å². The van der Waals surface area contributed by atoms with Crippen LogP contribution in [0.2, 0.25) is 5.02 Å². The van der Waals surface area contributed by atoms with E-state index in [1.165, 1.54) is 44.2 Å². The molecule has 8 heteroatoms. The number of hydrogen-bond donors (Lipinski definition) is 2. The molecule has 1 aliphatic carbocycles. The van der Waals surface area contributed by atoms with Crippen LogP contribution in [-0.2, 0) is 10.0 Å². The van der Waals surface area contributed by atoms with E-state index < -0.39 is 10.0 Å². The van der Waals surface area contributed by atoms with Crippen molar-refractivity contribution in [1.29, 1.82) is 0 Å². The van der Waals surface area contributed by atoms with Crippen LogP contribution in [0.25, 0.3) is 0 Å². The van der Waals surface area contributed by atoms with E-state index in [9.17, 15) is 13.2 Å². The molecule has 2 N–H and O–H groups in total. The van der Waals surface area contributed by atoms with Gasteiger partial charge in [0.1, 0.15) is 4.90 Å². The first-order valence-electron chi connectivity index (χ1n) is 10.1. The molecule has 30 heavy (non-hydrogen) atoms. The number of benzene rings is 2. The van der Waals surface area contributed by atoms with E-state index in [0.29, 0.717) is 17.5 Å². The number of halogens is 1. The Balaban J connectivity index is 1.63. The first kappa shape index (κ1) is 23.0. The van der Waals surface area contributed by atoms with Gasteiger partial charge < -0.3 is 5.32 Å². The molecular formula is C22H27ClN2O3S2. The Hall–Kier alpha value is -1.70. The van der Waals surface area contributed by atoms with Crippen molar-refractivity contribution in [3.05, 3.63) is 58.6 Å². The van der Waals surface area contributed by atoms with Gasteiger partial charge in [0, 0.05) is 23.1 Å². The van der Waals surface area contributed by atoms with Crippen LogP contribution in [0, 0.1) is 6.92 Å². The largest absolute Gasteiger partial charge is 0.351 e. The van der Waals surface area contributed by atoms with Crippen molar-refractivity contribution >= 4 is 45.0 Å². The Morgan fingerprint density at radius 2 is 1.87 bits per heavy atom. The monoisotopic (exact) mass is 466 g/mol. The Labute approximate surface area is 188 Å². The Kier molecular flexibility index (Phi) is 8.08. The molecule has 0 aromatic heterocycles. The van der Waals surface area contributed by atoms with E-state index in [-0.39, 0.29) is 21.4 Å². The third kappa shape index (κ3) is 6.15. The smallest absolute Gasteiger partial charge is 0.263 e. The van der Waals surface area contributed by atoms with Crippen molar-refractivity contribution in [2.45, 2.75) is 49.2 Å². The highest BCUT2D eigenvalue weighted by Gasteiger charge is 2.21. The van der Waals surface area contributed by atoms with Gasteiger partial charge in [-0.15, -0.1) is 0 Å². The van der Waals surface area contributed by atoms with Gasteiger partial charge in [-0.25, -0.2) is 8.42 Å². The summed E-state index contributed by atoms with van der Waals surface area (Å²) >= 11 is 8.06. The maximum Gasteiger partial charge on any atom is 0.263 e. The zero-order valence-electron chi connectivity index (χ0n) is 17.0. The van der Waals surface area contributed by atoms with E-state index in [2.05, 4.69) is 10.0 Å². The second kappa shape index (κ2) is 10.6. The second-order valence-electron chi connectivity index (χ2n) is 7.45. The lowest BCUT2D eigenvalue weighted by Gasteiger charge is -2.20. The Bertz CT molecular complexity index is 990. The highest BCUT2D eigenvalue weighted by molar-refractivity contribution is 7.99. The summed E-state index contributed by atoms with van der Waals surface area (Å²) < 4.78 is 28.3. The van der Waals surface area contributed by atoms with E-state index in [1.807, 2.05) is 30.8 Å². The SMILES string of the molecule is Cc1ccccc1NS(=O)(=O)c1cc(C(=O)NCCSC2CCCCC2)ccc1Cl. The number of aryl methyl sites for hydroxylation is 1. The number of amides is 1. The van der Waals surface area contributed by atoms with Gasteiger partial charge in [0.15, 0.2) is 0 Å². The Morgan fingerprint density at radius 3 is 2.60 bits per heavy atom. The van der Waals surface area contributed by atoms with Gasteiger partial charge in [-0.05, 0) is 49.6 Å². The zero-order valence-corrected chi connectivity index (χ0v) is 19.4. The topological polar surface area (TPSA) is 75.3 Å². The van der Waals surface area contributed by atoms with Crippen molar-refractivity contribution in [1.82, 2.24) is 5.32 Å². The van der Waals surface area contributed by atoms with Crippen molar-refractivity contribution in [3.63, 3.8) is 0 Å². The van der Waals surface area contributed by atoms with Crippen molar-refractivity contribution in [2.24, 2.45) is 0 Å². The summed E-state index contributed by atoms with van der Waals surface area (Å²) in [4.78, 5) is 12.4. The van der Waals surface area contributed by atoms with E-state index in [1.54, 1.807) is 18.2 Å². The van der Waals surface area contributed by atoms with Crippen LogP contribution in [0.4, 0.5) is 5.69 Å². The summed E-state index contributed by atoms with van der Waals surface area (Å²) in [6, 6.07) is 11.4. The van der Waals surface area contributed by atoms with Gasteiger partial charge in [0.05, 0.1) is 10.7 Å². The molecule has 5 nitrogen and oxygen atoms in total. The summed E-state index contributed by atoms with van der Waals surface area (Å²) in [7, 11) is -3.93. The molecule has 2 aromatic rings. The number of hydrogen-bond acceptors (Lipinski definition) is 4. The predicted molar refractivity (Wildman–Crippen MR) is 125 cm³/mol. The van der Waals surface area contributed by atoms with Gasteiger partial charge in [-0.2, -0.15) is 11.8 Å². The molecule has 2 aromatic carbocycles. The molecule has 0 aliphatic heterocycles. The van der Waals surface area contributed by atoms with Gasteiger partial charge >= 0.3 is 0 Å². The fourth-order valence-electron chi connectivity index (χ4n) is 3.46. The first-order valence-corrected chi connectivity index (χ1v) is 13.1. The lowest BCUT2D eigenvalue weighted by molar-refractivity contribution is 0.0956. The molecule has 0 heterocycles. The number of carbonyl (C=O) groups excluding carboxylic acids is 1. The molecule has 0 atom stereocenters. The maximum absolute atomic E-state index is 12.9. The minimum atomic E-state index is -3.93. The summed E-state index contributed by atoms with van der Waals surface area (Å²) in [5.74, 6) is 0.549. The fraction of sp³-hybridized carbons (Fsp3) is 0.409. The van der Waals surface area contributed by atoms with Crippen LogP contribution in [-0.4, -0.2) is 31.9 Å². The molecule has 1 aliphatic rings. The fourth-order valence-corrected chi connectivity index (χ4v) is 6.34. The minimum Gasteiger partial charge on any atom is -0.351 e. The number of sulfonamides is 1. The molecule has 1 fully saturated rings. The Morgan fingerprint density at radius 1 is 1.13 bits per heavy atom. The standard InChI is InChI=1S/C22H27ClN2O3S2/c1-16-7-5-6-10-20(16)25-30(27,28)21-15-17(11-12-19(21)23)22(26)24-13-14-29-18-8-3-2-4-9-18/h5-7,10-12,15,18,25H,2-4,8-9,13-14H2,1H3,(H,24,26). The van der Waals surface area contributed by atoms with Gasteiger partial charge in [-0.1, -0.05) is 49.1 Å². The average Bonchev–Trinajstić information content (AvgIpc) is 2.73. The first-order chi connectivity index (χ1) is 14.4. The molecule has 162 valence electrons. The average molecular weight is 467 g/mol. The van der Waals surface area contributed by atoms with Gasteiger partial charge in [0.25, 0.3) is 15.9 Å². The molecule has 0 unspecified atom stereocenters. The number of carbonyl (C=O) groups is 1. The van der Waals surface area contributed by atoms with Crippen molar-refractivity contribution in [3.8, 4) is 0 Å². The van der Waals surface area contributed by atoms with Crippen LogP contribution in [0.3, 0.4) is 0 Å². The zero-order chi connectivity index (χ0) is 21.6. The molecule has 0 radical (unpaired) electrons. The number of para-hydroxylation sites is 1. The number of nitrogens with one attached hydrogen (secondary N) is 2.